The minimum Gasteiger partial charge on any atom is -0.481 e. The molecule has 0 aliphatic carbocycles. The van der Waals surface area contributed by atoms with Crippen LogP contribution in [0.2, 0.25) is 0 Å². The van der Waals surface area contributed by atoms with E-state index in [2.05, 4.69) is 25.9 Å². The highest BCUT2D eigenvalue weighted by molar-refractivity contribution is 5.94. The first kappa shape index (κ1) is 27.0. The predicted molar refractivity (Wildman–Crippen MR) is 110 cm³/mol. The number of nitrogens with one attached hydrogen (secondary N) is 4. The van der Waals surface area contributed by atoms with E-state index in [-0.39, 0.29) is 25.7 Å². The molecule has 0 fully saturated rings. The van der Waals surface area contributed by atoms with Crippen LogP contribution >= 0.6 is 0 Å². The number of primary amides is 1. The Balaban J connectivity index is 2.95. The van der Waals surface area contributed by atoms with Crippen LogP contribution in [-0.4, -0.2) is 80.4 Å². The van der Waals surface area contributed by atoms with Crippen molar-refractivity contribution in [3.8, 4) is 0 Å². The van der Waals surface area contributed by atoms with Gasteiger partial charge in [-0.15, -0.1) is 0 Å². The summed E-state index contributed by atoms with van der Waals surface area (Å²) in [6.07, 6.45) is 1.66. The third-order valence-corrected chi connectivity index (χ3v) is 4.34. The number of aromatic nitrogens is 2. The summed E-state index contributed by atoms with van der Waals surface area (Å²) in [7, 11) is 0. The molecule has 15 heteroatoms. The van der Waals surface area contributed by atoms with Crippen molar-refractivity contribution in [2.45, 2.75) is 50.2 Å². The van der Waals surface area contributed by atoms with E-state index >= 15 is 0 Å². The van der Waals surface area contributed by atoms with Gasteiger partial charge in [-0.25, -0.2) is 4.98 Å². The Hall–Kier alpha value is -4.01. The number of aliphatic carboxylic acids is 2. The van der Waals surface area contributed by atoms with Gasteiger partial charge in [0.2, 0.25) is 23.6 Å². The van der Waals surface area contributed by atoms with Crippen LogP contribution in [0.5, 0.6) is 0 Å². The molecule has 1 aromatic heterocycles. The number of amides is 4. The molecular formula is C18H27N7O8. The van der Waals surface area contributed by atoms with Crippen molar-refractivity contribution < 1.29 is 39.0 Å². The topological polar surface area (TPSA) is 260 Å². The van der Waals surface area contributed by atoms with Crippen molar-refractivity contribution in [2.75, 3.05) is 6.54 Å². The van der Waals surface area contributed by atoms with Gasteiger partial charge in [0.25, 0.3) is 0 Å². The van der Waals surface area contributed by atoms with Gasteiger partial charge < -0.3 is 42.6 Å². The summed E-state index contributed by atoms with van der Waals surface area (Å²) in [6, 6.07) is -3.77. The number of carboxylic acids is 2. The Bertz CT molecular complexity index is 858. The number of nitrogens with zero attached hydrogens (tertiary/aromatic N) is 1. The fourth-order valence-electron chi connectivity index (χ4n) is 2.63. The maximum Gasteiger partial charge on any atom is 0.322 e. The van der Waals surface area contributed by atoms with E-state index in [4.69, 9.17) is 21.7 Å². The molecule has 10 N–H and O–H groups in total. The summed E-state index contributed by atoms with van der Waals surface area (Å²) >= 11 is 0. The molecule has 3 unspecified atom stereocenters. The first-order chi connectivity index (χ1) is 15.5. The minimum absolute atomic E-state index is 0.0571. The number of hydrogen-bond donors (Lipinski definition) is 8. The molecule has 1 heterocycles. The van der Waals surface area contributed by atoms with Gasteiger partial charge in [0.05, 0.1) is 12.4 Å². The van der Waals surface area contributed by atoms with E-state index in [0.29, 0.717) is 5.69 Å². The third kappa shape index (κ3) is 10.7. The van der Waals surface area contributed by atoms with Crippen molar-refractivity contribution >= 4 is 35.6 Å². The van der Waals surface area contributed by atoms with Crippen molar-refractivity contribution in [3.63, 3.8) is 0 Å². The lowest BCUT2D eigenvalue weighted by atomic mass is 10.1. The Morgan fingerprint density at radius 2 is 1.61 bits per heavy atom. The number of H-pyrrole nitrogens is 1. The molecule has 1 aromatic rings. The summed E-state index contributed by atoms with van der Waals surface area (Å²) in [5, 5.41) is 24.4. The number of hydrogen-bond acceptors (Lipinski definition) is 8. The molecule has 0 aliphatic rings. The molecule has 182 valence electrons. The first-order valence-corrected chi connectivity index (χ1v) is 9.82. The summed E-state index contributed by atoms with van der Waals surface area (Å²) in [6.45, 7) is -0.735. The van der Waals surface area contributed by atoms with Gasteiger partial charge in [0.15, 0.2) is 0 Å². The summed E-state index contributed by atoms with van der Waals surface area (Å²) in [5.41, 5.74) is 11.2. The third-order valence-electron chi connectivity index (χ3n) is 4.34. The Kier molecular flexibility index (Phi) is 11.0. The van der Waals surface area contributed by atoms with Gasteiger partial charge in [-0.1, -0.05) is 0 Å². The second kappa shape index (κ2) is 13.4. The first-order valence-electron chi connectivity index (χ1n) is 9.82. The number of aromatic amines is 1. The summed E-state index contributed by atoms with van der Waals surface area (Å²) < 4.78 is 0. The summed E-state index contributed by atoms with van der Waals surface area (Å²) in [5.74, 6) is -5.73. The average Bonchev–Trinajstić information content (AvgIpc) is 3.25. The zero-order chi connectivity index (χ0) is 25.0. The normalized spacial score (nSPS) is 13.2. The smallest absolute Gasteiger partial charge is 0.322 e. The molecule has 3 atom stereocenters. The van der Waals surface area contributed by atoms with Gasteiger partial charge in [-0.05, 0) is 12.8 Å². The van der Waals surface area contributed by atoms with Crippen molar-refractivity contribution in [1.82, 2.24) is 25.9 Å². The maximum atomic E-state index is 12.9. The zero-order valence-electron chi connectivity index (χ0n) is 17.6. The van der Waals surface area contributed by atoms with Crippen molar-refractivity contribution in [1.29, 1.82) is 0 Å². The van der Waals surface area contributed by atoms with Gasteiger partial charge in [-0.3, -0.25) is 28.8 Å². The fraction of sp³-hybridized carbons (Fsp3) is 0.500. The molecular weight excluding hydrogens is 442 g/mol. The lowest BCUT2D eigenvalue weighted by Crippen LogP contribution is -2.56. The fourth-order valence-corrected chi connectivity index (χ4v) is 2.63. The molecule has 4 amide bonds. The monoisotopic (exact) mass is 469 g/mol. The summed E-state index contributed by atoms with van der Waals surface area (Å²) in [4.78, 5) is 76.6. The van der Waals surface area contributed by atoms with Gasteiger partial charge in [0, 0.05) is 31.2 Å². The van der Waals surface area contributed by atoms with E-state index in [1.54, 1.807) is 0 Å². The van der Waals surface area contributed by atoms with Gasteiger partial charge >= 0.3 is 11.9 Å². The van der Waals surface area contributed by atoms with Gasteiger partial charge in [0.1, 0.15) is 18.6 Å². The van der Waals surface area contributed by atoms with E-state index in [0.717, 1.165) is 0 Å². The second-order valence-electron chi connectivity index (χ2n) is 7.06. The van der Waals surface area contributed by atoms with Crippen molar-refractivity contribution in [3.05, 3.63) is 18.2 Å². The van der Waals surface area contributed by atoms with Crippen molar-refractivity contribution in [2.24, 2.45) is 11.5 Å². The highest BCUT2D eigenvalue weighted by atomic mass is 16.4. The number of rotatable bonds is 15. The van der Waals surface area contributed by atoms with E-state index in [9.17, 15) is 28.8 Å². The Morgan fingerprint density at radius 1 is 0.939 bits per heavy atom. The Labute approximate surface area is 187 Å². The molecule has 0 aliphatic heterocycles. The quantitative estimate of drug-likeness (QED) is 0.126. The number of carbonyl (C=O) groups excluding carboxylic acids is 4. The SMILES string of the molecule is NC(=O)CCC(N)C(=O)NC(Cc1cnc[nH]1)C(=O)NC(CCC(=O)O)C(=O)NCC(=O)O. The Morgan fingerprint density at radius 3 is 2.15 bits per heavy atom. The van der Waals surface area contributed by atoms with Gasteiger partial charge in [-0.2, -0.15) is 0 Å². The molecule has 0 spiro atoms. The highest BCUT2D eigenvalue weighted by Crippen LogP contribution is 2.04. The average molecular weight is 469 g/mol. The number of carboxylic acid groups (broad SMARTS) is 2. The highest BCUT2D eigenvalue weighted by Gasteiger charge is 2.29. The molecule has 15 nitrogen and oxygen atoms in total. The molecule has 33 heavy (non-hydrogen) atoms. The number of nitrogens with two attached hydrogens (primary N) is 2. The van der Waals surface area contributed by atoms with Crippen LogP contribution in [0.25, 0.3) is 0 Å². The number of imidazole rings is 1. The lowest BCUT2D eigenvalue weighted by molar-refractivity contribution is -0.140. The molecule has 1 rings (SSSR count). The molecule has 0 saturated heterocycles. The number of carbonyl (C=O) groups is 6. The second-order valence-corrected chi connectivity index (χ2v) is 7.06. The lowest BCUT2D eigenvalue weighted by Gasteiger charge is -2.23. The van der Waals surface area contributed by atoms with Crippen LogP contribution in [0.1, 0.15) is 31.4 Å². The standard InChI is InChI=1S/C18H27N7O8/c19-10(1-3-13(20)26)16(31)25-12(5-9-6-21-8-23-9)18(33)24-11(2-4-14(27)28)17(32)22-7-15(29)30/h6,8,10-12H,1-5,7,19H2,(H2,20,26)(H,21,23)(H,22,32)(H,24,33)(H,25,31)(H,27,28)(H,29,30). The van der Waals surface area contributed by atoms with Crippen LogP contribution in [0.3, 0.4) is 0 Å². The predicted octanol–water partition coefficient (Wildman–Crippen LogP) is -3.42. The molecule has 0 aromatic carbocycles. The maximum absolute atomic E-state index is 12.9. The van der Waals surface area contributed by atoms with E-state index in [1.807, 2.05) is 0 Å². The van der Waals surface area contributed by atoms with Crippen LogP contribution < -0.4 is 27.4 Å². The molecule has 0 saturated carbocycles. The molecule has 0 bridgehead atoms. The largest absolute Gasteiger partial charge is 0.481 e. The van der Waals surface area contributed by atoms with Crippen LogP contribution in [0, 0.1) is 0 Å². The van der Waals surface area contributed by atoms with E-state index in [1.165, 1.54) is 12.5 Å². The zero-order valence-corrected chi connectivity index (χ0v) is 17.6. The van der Waals surface area contributed by atoms with Crippen LogP contribution in [-0.2, 0) is 35.2 Å². The van der Waals surface area contributed by atoms with Crippen LogP contribution in [0.15, 0.2) is 12.5 Å². The minimum atomic E-state index is -1.38. The molecule has 0 radical (unpaired) electrons. The van der Waals surface area contributed by atoms with E-state index < -0.39 is 66.7 Å². The van der Waals surface area contributed by atoms with Crippen LogP contribution in [0.4, 0.5) is 0 Å².